The Kier molecular flexibility index (Phi) is 4.73. The number of aliphatic hydroxyl groups is 1. The van der Waals surface area contributed by atoms with Crippen molar-refractivity contribution in [2.75, 3.05) is 13.1 Å². The molecule has 1 N–H and O–H groups in total. The Morgan fingerprint density at radius 1 is 1.10 bits per heavy atom. The fourth-order valence-corrected chi connectivity index (χ4v) is 5.91. The lowest BCUT2D eigenvalue weighted by Gasteiger charge is -2.58. The van der Waals surface area contributed by atoms with Crippen molar-refractivity contribution in [3.8, 4) is 0 Å². The van der Waals surface area contributed by atoms with Crippen molar-refractivity contribution in [1.29, 1.82) is 0 Å². The van der Waals surface area contributed by atoms with E-state index >= 15 is 0 Å². The molecule has 0 spiro atoms. The van der Waals surface area contributed by atoms with E-state index in [1.807, 2.05) is 30.5 Å². The minimum Gasteiger partial charge on any atom is -0.382 e. The zero-order chi connectivity index (χ0) is 19.8. The van der Waals surface area contributed by atoms with Gasteiger partial charge >= 0.3 is 0 Å². The molecule has 0 radical (unpaired) electrons. The lowest BCUT2D eigenvalue weighted by molar-refractivity contribution is -0.984. The third-order valence-corrected chi connectivity index (χ3v) is 7.38. The average Bonchev–Trinajstić information content (AvgIpc) is 2.78. The molecule has 3 heteroatoms. The fraction of sp³-hybridized carbons (Fsp3) is 0.346. The van der Waals surface area contributed by atoms with Crippen LogP contribution in [0, 0.1) is 11.8 Å². The third kappa shape index (κ3) is 3.19. The van der Waals surface area contributed by atoms with Gasteiger partial charge in [0.25, 0.3) is 0 Å². The molecule has 0 amide bonds. The SMILES string of the molecule is C=C[C@@H]1C[N@@+]2(Cc3ccccc3)CC[C@@H]1C[C@@H]2[C@@H](O)c1ccnc2ccccc12. The summed E-state index contributed by atoms with van der Waals surface area (Å²) in [6.45, 7) is 7.32. The van der Waals surface area contributed by atoms with Crippen LogP contribution in [-0.4, -0.2) is 33.7 Å². The van der Waals surface area contributed by atoms with Gasteiger partial charge in [-0.2, -0.15) is 0 Å². The number of nitrogens with zero attached hydrogens (tertiary/aromatic N) is 2. The summed E-state index contributed by atoms with van der Waals surface area (Å²) in [5, 5.41) is 12.8. The Morgan fingerprint density at radius 2 is 1.90 bits per heavy atom. The molecule has 1 aromatic heterocycles. The number of para-hydroxylation sites is 1. The number of hydrogen-bond acceptors (Lipinski definition) is 2. The van der Waals surface area contributed by atoms with Crippen molar-refractivity contribution in [3.05, 3.63) is 90.6 Å². The molecule has 6 rings (SSSR count). The van der Waals surface area contributed by atoms with Gasteiger partial charge in [-0.3, -0.25) is 4.98 Å². The number of rotatable bonds is 5. The molecule has 3 aromatic rings. The van der Waals surface area contributed by atoms with Crippen LogP contribution < -0.4 is 0 Å². The van der Waals surface area contributed by atoms with E-state index in [1.54, 1.807) is 0 Å². The van der Waals surface area contributed by atoms with E-state index in [0.717, 1.165) is 47.0 Å². The second-order valence-electron chi connectivity index (χ2n) is 8.88. The minimum absolute atomic E-state index is 0.205. The maximum Gasteiger partial charge on any atom is 0.131 e. The molecule has 148 valence electrons. The lowest BCUT2D eigenvalue weighted by atomic mass is 9.71. The van der Waals surface area contributed by atoms with Crippen molar-refractivity contribution in [3.63, 3.8) is 0 Å². The summed E-state index contributed by atoms with van der Waals surface area (Å²) < 4.78 is 0.953. The van der Waals surface area contributed by atoms with E-state index in [-0.39, 0.29) is 6.04 Å². The van der Waals surface area contributed by atoms with Crippen LogP contribution >= 0.6 is 0 Å². The molecule has 3 saturated heterocycles. The van der Waals surface area contributed by atoms with Crippen LogP contribution in [0.25, 0.3) is 10.9 Å². The molecule has 29 heavy (non-hydrogen) atoms. The van der Waals surface area contributed by atoms with Crippen LogP contribution in [-0.2, 0) is 6.54 Å². The van der Waals surface area contributed by atoms with Gasteiger partial charge in [-0.1, -0.05) is 54.6 Å². The summed E-state index contributed by atoms with van der Waals surface area (Å²) in [5.41, 5.74) is 3.33. The Hall–Kier alpha value is -2.49. The summed E-state index contributed by atoms with van der Waals surface area (Å²) in [4.78, 5) is 4.50. The van der Waals surface area contributed by atoms with Crippen LogP contribution in [0.2, 0.25) is 0 Å². The molecule has 0 unspecified atom stereocenters. The van der Waals surface area contributed by atoms with E-state index in [0.29, 0.717) is 11.8 Å². The van der Waals surface area contributed by atoms with E-state index in [4.69, 9.17) is 0 Å². The number of fused-ring (bicyclic) bond motifs is 4. The number of aliphatic hydroxyl groups excluding tert-OH is 1. The summed E-state index contributed by atoms with van der Waals surface area (Å²) in [5.74, 6) is 1.18. The lowest BCUT2D eigenvalue weighted by Crippen LogP contribution is -2.67. The van der Waals surface area contributed by atoms with E-state index < -0.39 is 6.10 Å². The molecule has 4 heterocycles. The van der Waals surface area contributed by atoms with Gasteiger partial charge in [-0.05, 0) is 23.6 Å². The van der Waals surface area contributed by atoms with Crippen LogP contribution in [0.3, 0.4) is 0 Å². The van der Waals surface area contributed by atoms with E-state index in [9.17, 15) is 5.11 Å². The van der Waals surface area contributed by atoms with Gasteiger partial charge in [0, 0.05) is 35.9 Å². The van der Waals surface area contributed by atoms with Gasteiger partial charge in [0.15, 0.2) is 0 Å². The van der Waals surface area contributed by atoms with E-state index in [2.05, 4.69) is 54.0 Å². The standard InChI is InChI=1S/C26H29N2O/c1-2-20-18-28(17-19-8-4-3-5-9-19)15-13-21(20)16-25(28)26(29)23-12-14-27-24-11-7-6-10-22(23)24/h2-12,14,20-21,25-26,29H,1,13,15-18H2/q+1/t20-,21-,25-,26+,28+/m1/s1. The first-order valence-corrected chi connectivity index (χ1v) is 10.7. The smallest absolute Gasteiger partial charge is 0.131 e. The number of hydrogen-bond donors (Lipinski definition) is 1. The highest BCUT2D eigenvalue weighted by atomic mass is 16.3. The molecular weight excluding hydrogens is 356 g/mol. The van der Waals surface area contributed by atoms with Gasteiger partial charge in [0.1, 0.15) is 18.7 Å². The number of piperidine rings is 3. The highest BCUT2D eigenvalue weighted by molar-refractivity contribution is 5.82. The van der Waals surface area contributed by atoms with Crippen LogP contribution in [0.15, 0.2) is 79.5 Å². The van der Waals surface area contributed by atoms with Gasteiger partial charge in [0.2, 0.25) is 0 Å². The van der Waals surface area contributed by atoms with Crippen molar-refractivity contribution in [2.24, 2.45) is 11.8 Å². The fourth-order valence-electron chi connectivity index (χ4n) is 5.91. The van der Waals surface area contributed by atoms with Gasteiger partial charge < -0.3 is 9.59 Å². The number of quaternary nitrogens is 1. The maximum atomic E-state index is 11.7. The normalized spacial score (nSPS) is 29.6. The second kappa shape index (κ2) is 7.40. The van der Waals surface area contributed by atoms with E-state index in [1.165, 1.54) is 12.0 Å². The van der Waals surface area contributed by atoms with Crippen LogP contribution in [0.1, 0.15) is 30.1 Å². The molecular formula is C26H29N2O+. The monoisotopic (exact) mass is 385 g/mol. The molecule has 3 fully saturated rings. The molecule has 3 aliphatic heterocycles. The largest absolute Gasteiger partial charge is 0.382 e. The molecule has 3 nitrogen and oxygen atoms in total. The first kappa shape index (κ1) is 18.5. The highest BCUT2D eigenvalue weighted by Crippen LogP contribution is 2.47. The van der Waals surface area contributed by atoms with Crippen molar-refractivity contribution in [1.82, 2.24) is 4.98 Å². The maximum absolute atomic E-state index is 11.7. The van der Waals surface area contributed by atoms with Crippen LogP contribution in [0.4, 0.5) is 0 Å². The molecule has 5 atom stereocenters. The summed E-state index contributed by atoms with van der Waals surface area (Å²) >= 11 is 0. The predicted molar refractivity (Wildman–Crippen MR) is 117 cm³/mol. The average molecular weight is 386 g/mol. The Labute approximate surface area is 172 Å². The summed E-state index contributed by atoms with van der Waals surface area (Å²) in [6, 6.07) is 21.2. The van der Waals surface area contributed by atoms with Gasteiger partial charge in [-0.15, -0.1) is 6.58 Å². The first-order chi connectivity index (χ1) is 14.2. The number of aromatic nitrogens is 1. The van der Waals surface area contributed by atoms with Crippen LogP contribution in [0.5, 0.6) is 0 Å². The number of pyridine rings is 1. The molecule has 0 saturated carbocycles. The molecule has 2 aromatic carbocycles. The Balaban J connectivity index is 1.56. The van der Waals surface area contributed by atoms with Crippen molar-refractivity contribution in [2.45, 2.75) is 31.5 Å². The minimum atomic E-state index is -0.486. The Bertz CT molecular complexity index is 1010. The topological polar surface area (TPSA) is 33.1 Å². The quantitative estimate of drug-likeness (QED) is 0.502. The first-order valence-electron chi connectivity index (χ1n) is 10.7. The summed E-state index contributed by atoms with van der Waals surface area (Å²) in [7, 11) is 0. The number of benzene rings is 2. The zero-order valence-corrected chi connectivity index (χ0v) is 16.8. The second-order valence-corrected chi connectivity index (χ2v) is 8.88. The molecule has 3 aliphatic rings. The highest BCUT2D eigenvalue weighted by Gasteiger charge is 2.53. The Morgan fingerprint density at radius 3 is 2.72 bits per heavy atom. The zero-order valence-electron chi connectivity index (χ0n) is 16.8. The predicted octanol–water partition coefficient (Wildman–Crippen LogP) is 4.88. The molecule has 0 aliphatic carbocycles. The van der Waals surface area contributed by atoms with Gasteiger partial charge in [0.05, 0.1) is 18.6 Å². The van der Waals surface area contributed by atoms with Gasteiger partial charge in [-0.25, -0.2) is 0 Å². The van der Waals surface area contributed by atoms with Crippen molar-refractivity contribution >= 4 is 10.9 Å². The summed E-state index contributed by atoms with van der Waals surface area (Å²) in [6.07, 6.45) is 5.79. The third-order valence-electron chi connectivity index (χ3n) is 7.38. The molecule has 2 bridgehead atoms. The van der Waals surface area contributed by atoms with Crippen molar-refractivity contribution < 1.29 is 9.59 Å².